The molecule has 1 saturated heterocycles. The summed E-state index contributed by atoms with van der Waals surface area (Å²) in [6, 6.07) is -0.0143. The fourth-order valence-electron chi connectivity index (χ4n) is 1.40. The monoisotopic (exact) mass is 186 g/mol. The van der Waals surface area contributed by atoms with Gasteiger partial charge in [-0.15, -0.1) is 0 Å². The van der Waals surface area contributed by atoms with Gasteiger partial charge in [0, 0.05) is 12.6 Å². The lowest BCUT2D eigenvalue weighted by Gasteiger charge is -2.29. The maximum Gasteiger partial charge on any atom is 0.240 e. The van der Waals surface area contributed by atoms with Crippen LogP contribution < -0.4 is 10.6 Å². The number of ether oxygens (including phenoxy) is 1. The third-order valence-corrected chi connectivity index (χ3v) is 2.03. The number of rotatable bonds is 2. The van der Waals surface area contributed by atoms with Gasteiger partial charge in [-0.3, -0.25) is 4.79 Å². The summed E-state index contributed by atoms with van der Waals surface area (Å²) in [5, 5.41) is 6.00. The zero-order valence-electron chi connectivity index (χ0n) is 8.46. The fraction of sp³-hybridized carbons (Fsp3) is 0.889. The molecule has 1 rings (SSSR count). The van der Waals surface area contributed by atoms with Crippen LogP contribution in [0.5, 0.6) is 0 Å². The molecule has 2 atom stereocenters. The molecule has 0 saturated carbocycles. The van der Waals surface area contributed by atoms with E-state index < -0.39 is 0 Å². The summed E-state index contributed by atoms with van der Waals surface area (Å²) in [4.78, 5) is 11.6. The summed E-state index contributed by atoms with van der Waals surface area (Å²) in [5.74, 6) is 0.0298. The van der Waals surface area contributed by atoms with Crippen molar-refractivity contribution < 1.29 is 9.53 Å². The van der Waals surface area contributed by atoms with Gasteiger partial charge >= 0.3 is 0 Å². The topological polar surface area (TPSA) is 50.4 Å². The summed E-state index contributed by atoms with van der Waals surface area (Å²) in [6.45, 7) is 7.25. The first-order chi connectivity index (χ1) is 6.11. The Labute approximate surface area is 79.0 Å². The summed E-state index contributed by atoms with van der Waals surface area (Å²) in [6.07, 6.45) is -0.0347. The van der Waals surface area contributed by atoms with E-state index in [0.29, 0.717) is 6.61 Å². The second-order valence-electron chi connectivity index (χ2n) is 3.67. The Balaban J connectivity index is 2.44. The van der Waals surface area contributed by atoms with Gasteiger partial charge in [0.25, 0.3) is 0 Å². The van der Waals surface area contributed by atoms with Crippen LogP contribution in [-0.2, 0) is 9.53 Å². The molecule has 13 heavy (non-hydrogen) atoms. The van der Waals surface area contributed by atoms with Crippen molar-refractivity contribution in [2.24, 2.45) is 0 Å². The Morgan fingerprint density at radius 2 is 2.31 bits per heavy atom. The van der Waals surface area contributed by atoms with Crippen LogP contribution in [0.3, 0.4) is 0 Å². The quantitative estimate of drug-likeness (QED) is 0.632. The first kappa shape index (κ1) is 10.5. The Kier molecular flexibility index (Phi) is 3.69. The van der Waals surface area contributed by atoms with Gasteiger partial charge in [-0.25, -0.2) is 0 Å². The van der Waals surface area contributed by atoms with E-state index in [1.165, 1.54) is 0 Å². The maximum absolute atomic E-state index is 11.6. The van der Waals surface area contributed by atoms with Gasteiger partial charge in [0.1, 0.15) is 6.04 Å². The van der Waals surface area contributed by atoms with E-state index in [2.05, 4.69) is 10.6 Å². The lowest BCUT2D eigenvalue weighted by atomic mass is 10.1. The molecule has 0 unspecified atom stereocenters. The average Bonchev–Trinajstić information content (AvgIpc) is 2.03. The Hall–Kier alpha value is -0.610. The number of hydrogen-bond donors (Lipinski definition) is 2. The van der Waals surface area contributed by atoms with Gasteiger partial charge < -0.3 is 15.4 Å². The predicted octanol–water partition coefficient (Wildman–Crippen LogP) is -0.112. The van der Waals surface area contributed by atoms with Crippen LogP contribution in [0.4, 0.5) is 0 Å². The van der Waals surface area contributed by atoms with Crippen LogP contribution in [0.1, 0.15) is 20.8 Å². The number of amides is 1. The smallest absolute Gasteiger partial charge is 0.240 e. The van der Waals surface area contributed by atoms with Crippen LogP contribution in [0.2, 0.25) is 0 Å². The number of carbonyl (C=O) groups is 1. The summed E-state index contributed by atoms with van der Waals surface area (Å²) in [5.41, 5.74) is 0. The number of carbonyl (C=O) groups excluding carboxylic acids is 1. The van der Waals surface area contributed by atoms with Gasteiger partial charge in [0.05, 0.1) is 12.7 Å². The molecule has 1 heterocycles. The minimum absolute atomic E-state index is 0.0298. The van der Waals surface area contributed by atoms with Gasteiger partial charge in [-0.1, -0.05) is 0 Å². The molecule has 0 aliphatic carbocycles. The van der Waals surface area contributed by atoms with Crippen molar-refractivity contribution in [3.05, 3.63) is 0 Å². The fourth-order valence-corrected chi connectivity index (χ4v) is 1.40. The second-order valence-corrected chi connectivity index (χ2v) is 3.67. The van der Waals surface area contributed by atoms with Crippen molar-refractivity contribution in [2.75, 3.05) is 13.2 Å². The number of hydrogen-bond acceptors (Lipinski definition) is 3. The van der Waals surface area contributed by atoms with Gasteiger partial charge in [-0.05, 0) is 20.8 Å². The van der Waals surface area contributed by atoms with Crippen molar-refractivity contribution in [1.82, 2.24) is 10.6 Å². The standard InChI is InChI=1S/C9H18N2O2/c1-6(2)11-9(12)8-7(3)13-5-4-10-8/h6-8,10H,4-5H2,1-3H3,(H,11,12)/t7-,8+/m1/s1. The lowest BCUT2D eigenvalue weighted by Crippen LogP contribution is -2.56. The van der Waals surface area contributed by atoms with Crippen LogP contribution in [0.15, 0.2) is 0 Å². The van der Waals surface area contributed by atoms with Crippen LogP contribution >= 0.6 is 0 Å². The molecule has 2 N–H and O–H groups in total. The molecule has 1 amide bonds. The van der Waals surface area contributed by atoms with Crippen molar-refractivity contribution in [3.8, 4) is 0 Å². The minimum Gasteiger partial charge on any atom is -0.375 e. The van der Waals surface area contributed by atoms with E-state index in [4.69, 9.17) is 4.74 Å². The highest BCUT2D eigenvalue weighted by molar-refractivity contribution is 5.82. The molecule has 0 aromatic rings. The molecule has 1 fully saturated rings. The predicted molar refractivity (Wildman–Crippen MR) is 50.5 cm³/mol. The van der Waals surface area contributed by atoms with Gasteiger partial charge in [0.2, 0.25) is 5.91 Å². The first-order valence-electron chi connectivity index (χ1n) is 4.76. The first-order valence-corrected chi connectivity index (χ1v) is 4.76. The normalized spacial score (nSPS) is 28.9. The molecule has 0 spiro atoms. The largest absolute Gasteiger partial charge is 0.375 e. The lowest BCUT2D eigenvalue weighted by molar-refractivity contribution is -0.129. The molecule has 0 radical (unpaired) electrons. The van der Waals surface area contributed by atoms with E-state index in [1.807, 2.05) is 20.8 Å². The SMILES string of the molecule is CC(C)NC(=O)[C@H]1NCCO[C@@H]1C. The second kappa shape index (κ2) is 4.58. The van der Waals surface area contributed by atoms with Crippen LogP contribution in [0, 0.1) is 0 Å². The van der Waals surface area contributed by atoms with E-state index in [-0.39, 0.29) is 24.1 Å². The van der Waals surface area contributed by atoms with Crippen molar-refractivity contribution in [2.45, 2.75) is 39.0 Å². The summed E-state index contributed by atoms with van der Waals surface area (Å²) >= 11 is 0. The molecular formula is C9H18N2O2. The zero-order chi connectivity index (χ0) is 9.84. The maximum atomic E-state index is 11.6. The minimum atomic E-state index is -0.198. The van der Waals surface area contributed by atoms with Crippen LogP contribution in [0.25, 0.3) is 0 Å². The van der Waals surface area contributed by atoms with E-state index >= 15 is 0 Å². The summed E-state index contributed by atoms with van der Waals surface area (Å²) in [7, 11) is 0. The molecule has 0 aromatic heterocycles. The molecule has 4 heteroatoms. The number of nitrogens with one attached hydrogen (secondary N) is 2. The van der Waals surface area contributed by atoms with E-state index in [1.54, 1.807) is 0 Å². The van der Waals surface area contributed by atoms with Crippen molar-refractivity contribution in [1.29, 1.82) is 0 Å². The zero-order valence-corrected chi connectivity index (χ0v) is 8.46. The Morgan fingerprint density at radius 3 is 2.85 bits per heavy atom. The van der Waals surface area contributed by atoms with Crippen molar-refractivity contribution in [3.63, 3.8) is 0 Å². The highest BCUT2D eigenvalue weighted by Gasteiger charge is 2.28. The summed E-state index contributed by atoms with van der Waals surface area (Å²) < 4.78 is 5.37. The van der Waals surface area contributed by atoms with Gasteiger partial charge in [0.15, 0.2) is 0 Å². The average molecular weight is 186 g/mol. The molecule has 1 aliphatic rings. The molecule has 1 aliphatic heterocycles. The van der Waals surface area contributed by atoms with Crippen molar-refractivity contribution >= 4 is 5.91 Å². The third kappa shape index (κ3) is 2.97. The van der Waals surface area contributed by atoms with Gasteiger partial charge in [-0.2, -0.15) is 0 Å². The molecule has 4 nitrogen and oxygen atoms in total. The molecule has 0 bridgehead atoms. The number of morpholine rings is 1. The van der Waals surface area contributed by atoms with E-state index in [9.17, 15) is 4.79 Å². The van der Waals surface area contributed by atoms with Crippen LogP contribution in [-0.4, -0.2) is 37.2 Å². The Morgan fingerprint density at radius 1 is 1.62 bits per heavy atom. The molecule has 0 aromatic carbocycles. The Bertz CT molecular complexity index is 182. The van der Waals surface area contributed by atoms with E-state index in [0.717, 1.165) is 6.54 Å². The third-order valence-electron chi connectivity index (χ3n) is 2.03. The molecular weight excluding hydrogens is 168 g/mol. The molecule has 76 valence electrons. The highest BCUT2D eigenvalue weighted by Crippen LogP contribution is 2.03. The highest BCUT2D eigenvalue weighted by atomic mass is 16.5.